The Morgan fingerprint density at radius 3 is 2.48 bits per heavy atom. The molecule has 2 saturated heterocycles. The van der Waals surface area contributed by atoms with E-state index < -0.39 is 0 Å². The van der Waals surface area contributed by atoms with Crippen LogP contribution < -0.4 is 9.64 Å². The van der Waals surface area contributed by atoms with Crippen LogP contribution in [0.15, 0.2) is 48.5 Å². The minimum atomic E-state index is 0.0162. The quantitative estimate of drug-likeness (QED) is 0.863. The van der Waals surface area contributed by atoms with Gasteiger partial charge in [-0.15, -0.1) is 0 Å². The van der Waals surface area contributed by atoms with E-state index in [9.17, 15) is 9.90 Å². The van der Waals surface area contributed by atoms with E-state index in [-0.39, 0.29) is 11.7 Å². The highest BCUT2D eigenvalue weighted by molar-refractivity contribution is 5.94. The zero-order valence-corrected chi connectivity index (χ0v) is 17.0. The van der Waals surface area contributed by atoms with E-state index in [1.54, 1.807) is 31.4 Å². The zero-order valence-electron chi connectivity index (χ0n) is 17.0. The molecule has 2 aliphatic heterocycles. The molecule has 0 aromatic heterocycles. The maximum atomic E-state index is 12.8. The molecule has 0 spiro atoms. The van der Waals surface area contributed by atoms with Crippen molar-refractivity contribution in [1.29, 1.82) is 0 Å². The molecular formula is C23H29N3O3. The molecule has 6 heteroatoms. The first-order valence-electron chi connectivity index (χ1n) is 10.4. The second kappa shape index (κ2) is 8.74. The molecule has 0 radical (unpaired) electrons. The van der Waals surface area contributed by atoms with Gasteiger partial charge in [-0.25, -0.2) is 0 Å². The number of likely N-dealkylation sites (tertiary alicyclic amines) is 1. The van der Waals surface area contributed by atoms with Gasteiger partial charge in [-0.1, -0.05) is 6.07 Å². The molecule has 154 valence electrons. The average molecular weight is 396 g/mol. The van der Waals surface area contributed by atoms with Gasteiger partial charge in [-0.3, -0.25) is 9.69 Å². The smallest absolute Gasteiger partial charge is 0.254 e. The molecular weight excluding hydrogens is 366 g/mol. The Morgan fingerprint density at radius 2 is 1.79 bits per heavy atom. The third-order valence-electron chi connectivity index (χ3n) is 6.05. The third-order valence-corrected chi connectivity index (χ3v) is 6.05. The first-order chi connectivity index (χ1) is 14.1. The highest BCUT2D eigenvalue weighted by Crippen LogP contribution is 2.24. The van der Waals surface area contributed by atoms with Crippen molar-refractivity contribution in [2.75, 3.05) is 51.3 Å². The van der Waals surface area contributed by atoms with Gasteiger partial charge in [-0.05, 0) is 55.3 Å². The predicted octanol–water partition coefficient (Wildman–Crippen LogP) is 2.83. The fraction of sp³-hybridized carbons (Fsp3) is 0.435. The molecule has 2 aromatic carbocycles. The fourth-order valence-corrected chi connectivity index (χ4v) is 4.40. The van der Waals surface area contributed by atoms with Crippen LogP contribution in [0.3, 0.4) is 0 Å². The normalized spacial score (nSPS) is 20.5. The number of carbonyl (C=O) groups is 1. The minimum Gasteiger partial charge on any atom is -0.508 e. The second-order valence-electron chi connectivity index (χ2n) is 7.82. The maximum absolute atomic E-state index is 12.8. The summed E-state index contributed by atoms with van der Waals surface area (Å²) in [6.07, 6.45) is 2.15. The van der Waals surface area contributed by atoms with Gasteiger partial charge in [0.05, 0.1) is 7.11 Å². The van der Waals surface area contributed by atoms with Crippen LogP contribution in [0.25, 0.3) is 0 Å². The number of amides is 1. The molecule has 1 amide bonds. The van der Waals surface area contributed by atoms with Gasteiger partial charge >= 0.3 is 0 Å². The summed E-state index contributed by atoms with van der Waals surface area (Å²) in [5, 5.41) is 9.67. The van der Waals surface area contributed by atoms with Crippen LogP contribution in [0, 0.1) is 0 Å². The number of piperidine rings is 1. The van der Waals surface area contributed by atoms with Crippen molar-refractivity contribution in [3.8, 4) is 11.5 Å². The van der Waals surface area contributed by atoms with Gasteiger partial charge < -0.3 is 19.6 Å². The number of carbonyl (C=O) groups excluding carboxylic acids is 1. The number of nitrogens with zero attached hydrogens (tertiary/aromatic N) is 3. The summed E-state index contributed by atoms with van der Waals surface area (Å²) in [4.78, 5) is 19.7. The number of hydrogen-bond acceptors (Lipinski definition) is 5. The largest absolute Gasteiger partial charge is 0.508 e. The molecule has 4 rings (SSSR count). The number of anilines is 1. The lowest BCUT2D eigenvalue weighted by Crippen LogP contribution is -2.55. The van der Waals surface area contributed by atoms with Crippen molar-refractivity contribution in [2.24, 2.45) is 0 Å². The number of methoxy groups -OCH3 is 1. The number of piperazine rings is 1. The molecule has 2 heterocycles. The number of phenolic OH excluding ortho intramolecular Hbond substituents is 1. The molecule has 0 aliphatic carbocycles. The van der Waals surface area contributed by atoms with E-state index in [1.807, 2.05) is 17.0 Å². The lowest BCUT2D eigenvalue weighted by atomic mass is 10.0. The molecule has 29 heavy (non-hydrogen) atoms. The van der Waals surface area contributed by atoms with Gasteiger partial charge in [0, 0.05) is 56.6 Å². The molecule has 0 bridgehead atoms. The number of aromatic hydroxyl groups is 1. The highest BCUT2D eigenvalue weighted by atomic mass is 16.5. The molecule has 1 N–H and O–H groups in total. The van der Waals surface area contributed by atoms with Crippen LogP contribution in [-0.2, 0) is 0 Å². The van der Waals surface area contributed by atoms with Crippen molar-refractivity contribution in [3.63, 3.8) is 0 Å². The van der Waals surface area contributed by atoms with Gasteiger partial charge in [0.25, 0.3) is 5.91 Å². The first-order valence-corrected chi connectivity index (χ1v) is 10.4. The molecule has 2 aliphatic rings. The number of rotatable bonds is 4. The fourth-order valence-electron chi connectivity index (χ4n) is 4.40. The summed E-state index contributed by atoms with van der Waals surface area (Å²) in [6.45, 7) is 5.54. The SMILES string of the molecule is COc1ccc(N2CCN(C3CCCN(C(=O)c4cccc(O)c4)C3)CC2)cc1. The van der Waals surface area contributed by atoms with Crippen LogP contribution in [0.4, 0.5) is 5.69 Å². The van der Waals surface area contributed by atoms with Crippen LogP contribution in [0.1, 0.15) is 23.2 Å². The summed E-state index contributed by atoms with van der Waals surface area (Å²) in [7, 11) is 1.69. The van der Waals surface area contributed by atoms with E-state index in [1.165, 1.54) is 5.69 Å². The molecule has 1 atom stereocenters. The van der Waals surface area contributed by atoms with Crippen molar-refractivity contribution >= 4 is 11.6 Å². The Bertz CT molecular complexity index is 832. The van der Waals surface area contributed by atoms with Gasteiger partial charge in [-0.2, -0.15) is 0 Å². The Morgan fingerprint density at radius 1 is 1.03 bits per heavy atom. The number of hydrogen-bond donors (Lipinski definition) is 1. The van der Waals surface area contributed by atoms with E-state index >= 15 is 0 Å². The van der Waals surface area contributed by atoms with Crippen molar-refractivity contribution in [3.05, 3.63) is 54.1 Å². The Kier molecular flexibility index (Phi) is 5.90. The number of benzene rings is 2. The monoisotopic (exact) mass is 395 g/mol. The van der Waals surface area contributed by atoms with Gasteiger partial charge in [0.15, 0.2) is 0 Å². The topological polar surface area (TPSA) is 56.2 Å². The van der Waals surface area contributed by atoms with Crippen LogP contribution in [0.2, 0.25) is 0 Å². The summed E-state index contributed by atoms with van der Waals surface area (Å²) in [5.41, 5.74) is 1.80. The van der Waals surface area contributed by atoms with E-state index in [0.717, 1.165) is 57.9 Å². The van der Waals surface area contributed by atoms with E-state index in [4.69, 9.17) is 4.74 Å². The first kappa shape index (κ1) is 19.6. The Balaban J connectivity index is 1.34. The standard InChI is InChI=1S/C23H29N3O3/c1-29-22-9-7-19(8-10-22)24-12-14-25(15-13-24)20-5-3-11-26(17-20)23(28)18-4-2-6-21(27)16-18/h2,4,6-10,16,20,27H,3,5,11-15,17H2,1H3. The zero-order chi connectivity index (χ0) is 20.2. The van der Waals surface area contributed by atoms with Crippen molar-refractivity contribution in [1.82, 2.24) is 9.80 Å². The number of phenols is 1. The average Bonchev–Trinajstić information content (AvgIpc) is 2.79. The molecule has 0 saturated carbocycles. The molecule has 6 nitrogen and oxygen atoms in total. The third kappa shape index (κ3) is 4.48. The summed E-state index contributed by atoms with van der Waals surface area (Å²) in [6, 6.07) is 15.3. The molecule has 2 fully saturated rings. The van der Waals surface area contributed by atoms with Crippen molar-refractivity contribution in [2.45, 2.75) is 18.9 Å². The lowest BCUT2D eigenvalue weighted by Gasteiger charge is -2.44. The second-order valence-corrected chi connectivity index (χ2v) is 7.82. The summed E-state index contributed by atoms with van der Waals surface area (Å²) in [5.74, 6) is 1.03. The van der Waals surface area contributed by atoms with Crippen LogP contribution >= 0.6 is 0 Å². The van der Waals surface area contributed by atoms with E-state index in [0.29, 0.717) is 11.6 Å². The number of ether oxygens (including phenoxy) is 1. The van der Waals surface area contributed by atoms with Gasteiger partial charge in [0.1, 0.15) is 11.5 Å². The van der Waals surface area contributed by atoms with Crippen LogP contribution in [-0.4, -0.2) is 73.2 Å². The summed E-state index contributed by atoms with van der Waals surface area (Å²) < 4.78 is 5.25. The predicted molar refractivity (Wildman–Crippen MR) is 114 cm³/mol. The molecule has 2 aromatic rings. The highest BCUT2D eigenvalue weighted by Gasteiger charge is 2.30. The summed E-state index contributed by atoms with van der Waals surface area (Å²) >= 11 is 0. The van der Waals surface area contributed by atoms with Crippen LogP contribution in [0.5, 0.6) is 11.5 Å². The Hall–Kier alpha value is -2.73. The Labute approximate surface area is 172 Å². The van der Waals surface area contributed by atoms with E-state index in [2.05, 4.69) is 21.9 Å². The minimum absolute atomic E-state index is 0.0162. The molecule has 1 unspecified atom stereocenters. The van der Waals surface area contributed by atoms with Gasteiger partial charge in [0.2, 0.25) is 0 Å². The lowest BCUT2D eigenvalue weighted by molar-refractivity contribution is 0.0563. The van der Waals surface area contributed by atoms with Crippen molar-refractivity contribution < 1.29 is 14.6 Å². The maximum Gasteiger partial charge on any atom is 0.254 e.